The molecule has 1 aromatic rings. The van der Waals surface area contributed by atoms with Gasteiger partial charge in [-0.15, -0.1) is 0 Å². The SMILES string of the molecule is CC(C)(C)OC(=O)NCC(=O)NCC1CCN(C(=O)CCOc2ccccc2)CC1. The van der Waals surface area contributed by atoms with Crippen molar-refractivity contribution in [2.24, 2.45) is 5.92 Å². The van der Waals surface area contributed by atoms with E-state index in [-0.39, 0.29) is 18.4 Å². The first-order chi connectivity index (χ1) is 14.2. The summed E-state index contributed by atoms with van der Waals surface area (Å²) in [6.45, 7) is 7.44. The molecule has 2 rings (SSSR count). The van der Waals surface area contributed by atoms with Crippen LogP contribution in [0.4, 0.5) is 4.79 Å². The number of rotatable bonds is 8. The van der Waals surface area contributed by atoms with Gasteiger partial charge >= 0.3 is 6.09 Å². The zero-order valence-electron chi connectivity index (χ0n) is 18.1. The summed E-state index contributed by atoms with van der Waals surface area (Å²) in [6, 6.07) is 9.45. The molecule has 8 heteroatoms. The zero-order chi connectivity index (χ0) is 22.0. The Hall–Kier alpha value is -2.77. The van der Waals surface area contributed by atoms with Crippen LogP contribution in [-0.4, -0.2) is 61.2 Å². The summed E-state index contributed by atoms with van der Waals surface area (Å²) >= 11 is 0. The summed E-state index contributed by atoms with van der Waals surface area (Å²) in [4.78, 5) is 37.7. The molecule has 1 aliphatic heterocycles. The third-order valence-electron chi connectivity index (χ3n) is 4.68. The summed E-state index contributed by atoms with van der Waals surface area (Å²) in [7, 11) is 0. The lowest BCUT2D eigenvalue weighted by molar-refractivity contribution is -0.133. The van der Waals surface area contributed by atoms with Crippen molar-refractivity contribution in [2.45, 2.75) is 45.6 Å². The van der Waals surface area contributed by atoms with Gasteiger partial charge in [0.25, 0.3) is 0 Å². The first kappa shape index (κ1) is 23.5. The first-order valence-electron chi connectivity index (χ1n) is 10.4. The van der Waals surface area contributed by atoms with Crippen molar-refractivity contribution in [1.29, 1.82) is 0 Å². The van der Waals surface area contributed by atoms with Gasteiger partial charge in [-0.25, -0.2) is 4.79 Å². The van der Waals surface area contributed by atoms with Crippen LogP contribution >= 0.6 is 0 Å². The maximum absolute atomic E-state index is 12.3. The minimum Gasteiger partial charge on any atom is -0.493 e. The number of likely N-dealkylation sites (tertiary alicyclic amines) is 1. The third kappa shape index (κ3) is 9.15. The molecular formula is C22H33N3O5. The second-order valence-corrected chi connectivity index (χ2v) is 8.40. The molecule has 8 nitrogen and oxygen atoms in total. The number of alkyl carbamates (subject to hydrolysis) is 1. The Labute approximate surface area is 178 Å². The van der Waals surface area contributed by atoms with Gasteiger partial charge in [-0.05, 0) is 51.7 Å². The van der Waals surface area contributed by atoms with Gasteiger partial charge in [0.2, 0.25) is 11.8 Å². The first-order valence-corrected chi connectivity index (χ1v) is 10.4. The predicted octanol–water partition coefficient (Wildman–Crippen LogP) is 2.34. The Kier molecular flexibility index (Phi) is 8.95. The fourth-order valence-electron chi connectivity index (χ4n) is 3.10. The molecule has 0 radical (unpaired) electrons. The number of piperidine rings is 1. The average molecular weight is 420 g/mol. The van der Waals surface area contributed by atoms with Gasteiger partial charge in [-0.3, -0.25) is 9.59 Å². The van der Waals surface area contributed by atoms with Crippen LogP contribution in [0.5, 0.6) is 5.75 Å². The van der Waals surface area contributed by atoms with Crippen molar-refractivity contribution in [1.82, 2.24) is 15.5 Å². The number of amides is 3. The highest BCUT2D eigenvalue weighted by molar-refractivity contribution is 5.82. The summed E-state index contributed by atoms with van der Waals surface area (Å²) in [5.41, 5.74) is -0.598. The van der Waals surface area contributed by atoms with Gasteiger partial charge in [0.1, 0.15) is 11.4 Å². The Morgan fingerprint density at radius 2 is 1.73 bits per heavy atom. The fraction of sp³-hybridized carbons (Fsp3) is 0.591. The van der Waals surface area contributed by atoms with Gasteiger partial charge in [0, 0.05) is 19.6 Å². The molecule has 0 atom stereocenters. The number of hydrogen-bond acceptors (Lipinski definition) is 5. The number of carbonyl (C=O) groups excluding carboxylic acids is 3. The van der Waals surface area contributed by atoms with Crippen LogP contribution in [0.15, 0.2) is 30.3 Å². The molecule has 0 aliphatic carbocycles. The molecule has 1 saturated heterocycles. The third-order valence-corrected chi connectivity index (χ3v) is 4.68. The van der Waals surface area contributed by atoms with E-state index < -0.39 is 11.7 Å². The molecular weight excluding hydrogens is 386 g/mol. The molecule has 1 fully saturated rings. The highest BCUT2D eigenvalue weighted by Crippen LogP contribution is 2.17. The van der Waals surface area contributed by atoms with Crippen molar-refractivity contribution in [3.63, 3.8) is 0 Å². The molecule has 1 aliphatic rings. The summed E-state index contributed by atoms with van der Waals surface area (Å²) in [6.07, 6.45) is 1.42. The molecule has 30 heavy (non-hydrogen) atoms. The van der Waals surface area contributed by atoms with E-state index in [1.165, 1.54) is 0 Å². The summed E-state index contributed by atoms with van der Waals surface area (Å²) in [5, 5.41) is 5.28. The van der Waals surface area contributed by atoms with Crippen LogP contribution in [0.1, 0.15) is 40.0 Å². The highest BCUT2D eigenvalue weighted by Gasteiger charge is 2.23. The van der Waals surface area contributed by atoms with E-state index in [2.05, 4.69) is 10.6 Å². The topological polar surface area (TPSA) is 97.0 Å². The quantitative estimate of drug-likeness (QED) is 0.674. The smallest absolute Gasteiger partial charge is 0.408 e. The van der Waals surface area contributed by atoms with E-state index in [0.29, 0.717) is 38.6 Å². The lowest BCUT2D eigenvalue weighted by atomic mass is 9.96. The number of ether oxygens (including phenoxy) is 2. The van der Waals surface area contributed by atoms with Crippen LogP contribution in [0.3, 0.4) is 0 Å². The number of hydrogen-bond donors (Lipinski definition) is 2. The van der Waals surface area contributed by atoms with E-state index in [1.54, 1.807) is 20.8 Å². The highest BCUT2D eigenvalue weighted by atomic mass is 16.6. The molecule has 0 saturated carbocycles. The maximum atomic E-state index is 12.3. The Balaban J connectivity index is 1.57. The summed E-state index contributed by atoms with van der Waals surface area (Å²) < 4.78 is 10.7. The van der Waals surface area contributed by atoms with Crippen LogP contribution < -0.4 is 15.4 Å². The molecule has 3 amide bonds. The largest absolute Gasteiger partial charge is 0.493 e. The van der Waals surface area contributed by atoms with Crippen molar-refractivity contribution >= 4 is 17.9 Å². The van der Waals surface area contributed by atoms with E-state index in [0.717, 1.165) is 18.6 Å². The van der Waals surface area contributed by atoms with E-state index in [1.807, 2.05) is 35.2 Å². The van der Waals surface area contributed by atoms with Gasteiger partial charge in [-0.1, -0.05) is 18.2 Å². The van der Waals surface area contributed by atoms with Crippen molar-refractivity contribution < 1.29 is 23.9 Å². The van der Waals surface area contributed by atoms with E-state index >= 15 is 0 Å². The molecule has 0 bridgehead atoms. The molecule has 0 spiro atoms. The molecule has 0 unspecified atom stereocenters. The lowest BCUT2D eigenvalue weighted by Crippen LogP contribution is -2.44. The second kappa shape index (κ2) is 11.4. The van der Waals surface area contributed by atoms with E-state index in [9.17, 15) is 14.4 Å². The number of nitrogens with one attached hydrogen (secondary N) is 2. The predicted molar refractivity (Wildman–Crippen MR) is 113 cm³/mol. The van der Waals surface area contributed by atoms with Gasteiger partial charge in [0.15, 0.2) is 0 Å². The van der Waals surface area contributed by atoms with Crippen LogP contribution in [0, 0.1) is 5.92 Å². The van der Waals surface area contributed by atoms with Crippen LogP contribution in [-0.2, 0) is 14.3 Å². The van der Waals surface area contributed by atoms with Gasteiger partial charge in [0.05, 0.1) is 19.6 Å². The van der Waals surface area contributed by atoms with Crippen molar-refractivity contribution in [3.05, 3.63) is 30.3 Å². The Morgan fingerprint density at radius 1 is 1.07 bits per heavy atom. The normalized spacial score (nSPS) is 14.7. The second-order valence-electron chi connectivity index (χ2n) is 8.40. The van der Waals surface area contributed by atoms with Gasteiger partial charge in [-0.2, -0.15) is 0 Å². The lowest BCUT2D eigenvalue weighted by Gasteiger charge is -2.32. The molecule has 2 N–H and O–H groups in total. The monoisotopic (exact) mass is 419 g/mol. The van der Waals surface area contributed by atoms with Crippen molar-refractivity contribution in [3.8, 4) is 5.75 Å². The Bertz CT molecular complexity index is 694. The Morgan fingerprint density at radius 3 is 2.37 bits per heavy atom. The molecule has 166 valence electrons. The number of nitrogens with zero attached hydrogens (tertiary/aromatic N) is 1. The number of carbonyl (C=O) groups is 3. The molecule has 1 heterocycles. The fourth-order valence-corrected chi connectivity index (χ4v) is 3.10. The summed E-state index contributed by atoms with van der Waals surface area (Å²) in [5.74, 6) is 0.924. The minimum atomic E-state index is -0.610. The molecule has 1 aromatic carbocycles. The van der Waals surface area contributed by atoms with Gasteiger partial charge < -0.3 is 25.0 Å². The standard InChI is InChI=1S/C22H33N3O5/c1-22(2,3)30-21(28)24-16-19(26)23-15-17-9-12-25(13-10-17)20(27)11-14-29-18-7-5-4-6-8-18/h4-8,17H,9-16H2,1-3H3,(H,23,26)(H,24,28). The van der Waals surface area contributed by atoms with Crippen molar-refractivity contribution in [2.75, 3.05) is 32.8 Å². The van der Waals surface area contributed by atoms with Crippen LogP contribution in [0.2, 0.25) is 0 Å². The maximum Gasteiger partial charge on any atom is 0.408 e. The van der Waals surface area contributed by atoms with E-state index in [4.69, 9.17) is 9.47 Å². The molecule has 0 aromatic heterocycles. The minimum absolute atomic E-state index is 0.0926. The number of benzene rings is 1. The number of para-hydroxylation sites is 1. The zero-order valence-corrected chi connectivity index (χ0v) is 18.1. The average Bonchev–Trinajstić information content (AvgIpc) is 2.70. The van der Waals surface area contributed by atoms with Crippen LogP contribution in [0.25, 0.3) is 0 Å².